The van der Waals surface area contributed by atoms with E-state index in [9.17, 15) is 9.59 Å². The topological polar surface area (TPSA) is 71.1 Å². The predicted molar refractivity (Wildman–Crippen MR) is 111 cm³/mol. The Kier molecular flexibility index (Phi) is 5.67. The molecule has 152 valence electrons. The standard InChI is InChI=1S/C22H25N3O4/c1-24(13-18-15-28-19-8-2-3-9-20(19)29-18)14-21(26)23-16-6-4-7-17(12-16)25-11-5-10-22(25)27/h2-4,6-9,12,18H,5,10-11,13-15H2,1H3,(H,23,26)/t18-/m1/s1. The molecule has 7 heteroatoms. The van der Waals surface area contributed by atoms with Crippen LogP contribution < -0.4 is 19.7 Å². The zero-order valence-electron chi connectivity index (χ0n) is 16.5. The van der Waals surface area contributed by atoms with E-state index in [1.54, 1.807) is 4.90 Å². The van der Waals surface area contributed by atoms with Gasteiger partial charge in [0.2, 0.25) is 11.8 Å². The van der Waals surface area contributed by atoms with Crippen LogP contribution in [0.5, 0.6) is 11.5 Å². The molecular formula is C22H25N3O4. The number of carbonyl (C=O) groups is 2. The third-order valence-electron chi connectivity index (χ3n) is 5.01. The number of fused-ring (bicyclic) bond motifs is 1. The fourth-order valence-corrected chi connectivity index (χ4v) is 3.68. The molecule has 0 aliphatic carbocycles. The molecular weight excluding hydrogens is 370 g/mol. The maximum atomic E-state index is 12.5. The van der Waals surface area contributed by atoms with Crippen molar-refractivity contribution in [3.8, 4) is 11.5 Å². The number of carbonyl (C=O) groups excluding carboxylic acids is 2. The van der Waals surface area contributed by atoms with Crippen molar-refractivity contribution in [2.24, 2.45) is 0 Å². The highest BCUT2D eigenvalue weighted by molar-refractivity contribution is 5.97. The monoisotopic (exact) mass is 395 g/mol. The van der Waals surface area contributed by atoms with E-state index in [1.807, 2.05) is 60.5 Å². The Morgan fingerprint density at radius 3 is 2.83 bits per heavy atom. The highest BCUT2D eigenvalue weighted by Gasteiger charge is 2.23. The minimum atomic E-state index is -0.132. The number of para-hydroxylation sites is 2. The van der Waals surface area contributed by atoms with E-state index >= 15 is 0 Å². The highest BCUT2D eigenvalue weighted by Crippen LogP contribution is 2.31. The lowest BCUT2D eigenvalue weighted by Crippen LogP contribution is -2.42. The van der Waals surface area contributed by atoms with Crippen molar-refractivity contribution in [2.75, 3.05) is 43.5 Å². The first kappa shape index (κ1) is 19.3. The lowest BCUT2D eigenvalue weighted by Gasteiger charge is -2.29. The smallest absolute Gasteiger partial charge is 0.238 e. The molecule has 4 rings (SSSR count). The summed E-state index contributed by atoms with van der Waals surface area (Å²) in [5.74, 6) is 1.49. The number of nitrogens with one attached hydrogen (secondary N) is 1. The van der Waals surface area contributed by atoms with Crippen molar-refractivity contribution < 1.29 is 19.1 Å². The van der Waals surface area contributed by atoms with Crippen molar-refractivity contribution in [2.45, 2.75) is 18.9 Å². The number of amides is 2. The zero-order chi connectivity index (χ0) is 20.2. The van der Waals surface area contributed by atoms with E-state index < -0.39 is 0 Å². The SMILES string of the molecule is CN(CC(=O)Nc1cccc(N2CCCC2=O)c1)C[C@@H]1COc2ccccc2O1. The van der Waals surface area contributed by atoms with E-state index in [2.05, 4.69) is 5.32 Å². The maximum absolute atomic E-state index is 12.5. The Balaban J connectivity index is 1.29. The fourth-order valence-electron chi connectivity index (χ4n) is 3.68. The van der Waals surface area contributed by atoms with Gasteiger partial charge < -0.3 is 19.7 Å². The van der Waals surface area contributed by atoms with E-state index in [0.29, 0.717) is 25.3 Å². The number of benzene rings is 2. The summed E-state index contributed by atoms with van der Waals surface area (Å²) in [5.41, 5.74) is 1.51. The summed E-state index contributed by atoms with van der Waals surface area (Å²) in [7, 11) is 1.88. The Morgan fingerprint density at radius 1 is 1.21 bits per heavy atom. The lowest BCUT2D eigenvalue weighted by atomic mass is 10.2. The summed E-state index contributed by atoms with van der Waals surface area (Å²) >= 11 is 0. The van der Waals surface area contributed by atoms with Crippen molar-refractivity contribution in [3.05, 3.63) is 48.5 Å². The van der Waals surface area contributed by atoms with Gasteiger partial charge in [-0.2, -0.15) is 0 Å². The Morgan fingerprint density at radius 2 is 2.03 bits per heavy atom. The Labute approximate surface area is 170 Å². The van der Waals surface area contributed by atoms with Crippen LogP contribution in [-0.4, -0.2) is 56.1 Å². The molecule has 2 aromatic rings. The molecule has 2 amide bonds. The highest BCUT2D eigenvalue weighted by atomic mass is 16.6. The summed E-state index contributed by atoms with van der Waals surface area (Å²) in [6.45, 7) is 1.99. The first-order chi connectivity index (χ1) is 14.1. The molecule has 29 heavy (non-hydrogen) atoms. The minimum absolute atomic E-state index is 0.116. The number of hydrogen-bond donors (Lipinski definition) is 1. The van der Waals surface area contributed by atoms with Crippen LogP contribution in [0.15, 0.2) is 48.5 Å². The molecule has 7 nitrogen and oxygen atoms in total. The van der Waals surface area contributed by atoms with Gasteiger partial charge >= 0.3 is 0 Å². The van der Waals surface area contributed by atoms with Crippen LogP contribution >= 0.6 is 0 Å². The van der Waals surface area contributed by atoms with Crippen molar-refractivity contribution in [1.29, 1.82) is 0 Å². The minimum Gasteiger partial charge on any atom is -0.486 e. The third-order valence-corrected chi connectivity index (χ3v) is 5.01. The number of rotatable bonds is 6. The Hall–Kier alpha value is -3.06. The second kappa shape index (κ2) is 8.53. The third kappa shape index (κ3) is 4.68. The molecule has 2 aromatic carbocycles. The van der Waals surface area contributed by atoms with Gasteiger partial charge in [-0.3, -0.25) is 14.5 Å². The van der Waals surface area contributed by atoms with Crippen LogP contribution in [0.3, 0.4) is 0 Å². The summed E-state index contributed by atoms with van der Waals surface area (Å²) in [4.78, 5) is 28.1. The summed E-state index contributed by atoms with van der Waals surface area (Å²) in [6.07, 6.45) is 1.32. The molecule has 1 N–H and O–H groups in total. The second-order valence-electron chi connectivity index (χ2n) is 7.44. The molecule has 1 fully saturated rings. The van der Waals surface area contributed by atoms with Gasteiger partial charge in [-0.25, -0.2) is 0 Å². The van der Waals surface area contributed by atoms with Crippen LogP contribution in [0, 0.1) is 0 Å². The molecule has 0 radical (unpaired) electrons. The van der Waals surface area contributed by atoms with Crippen molar-refractivity contribution in [3.63, 3.8) is 0 Å². The first-order valence-corrected chi connectivity index (χ1v) is 9.86. The van der Waals surface area contributed by atoms with E-state index in [-0.39, 0.29) is 24.5 Å². The number of anilines is 2. The van der Waals surface area contributed by atoms with Gasteiger partial charge in [0.05, 0.1) is 6.54 Å². The molecule has 0 aromatic heterocycles. The molecule has 2 heterocycles. The Bertz CT molecular complexity index is 901. The van der Waals surface area contributed by atoms with Gasteiger partial charge in [0.15, 0.2) is 11.5 Å². The van der Waals surface area contributed by atoms with Crippen LogP contribution in [-0.2, 0) is 9.59 Å². The van der Waals surface area contributed by atoms with Gasteiger partial charge in [-0.15, -0.1) is 0 Å². The number of ether oxygens (including phenoxy) is 2. The largest absolute Gasteiger partial charge is 0.486 e. The van der Waals surface area contributed by atoms with Crippen LogP contribution in [0.25, 0.3) is 0 Å². The van der Waals surface area contributed by atoms with Crippen molar-refractivity contribution >= 4 is 23.2 Å². The first-order valence-electron chi connectivity index (χ1n) is 9.86. The number of nitrogens with zero attached hydrogens (tertiary/aromatic N) is 2. The maximum Gasteiger partial charge on any atom is 0.238 e. The average Bonchev–Trinajstić information content (AvgIpc) is 3.14. The van der Waals surface area contributed by atoms with Gasteiger partial charge in [-0.1, -0.05) is 18.2 Å². The quantitative estimate of drug-likeness (QED) is 0.814. The fraction of sp³-hybridized carbons (Fsp3) is 0.364. The number of likely N-dealkylation sites (N-methyl/N-ethyl adjacent to an activating group) is 1. The summed E-state index contributed by atoms with van der Waals surface area (Å²) in [6, 6.07) is 15.0. The van der Waals surface area contributed by atoms with Crippen LogP contribution in [0.2, 0.25) is 0 Å². The molecule has 2 aliphatic rings. The summed E-state index contributed by atoms with van der Waals surface area (Å²) < 4.78 is 11.7. The molecule has 1 atom stereocenters. The van der Waals surface area contributed by atoms with E-state index in [0.717, 1.165) is 30.2 Å². The van der Waals surface area contributed by atoms with Crippen LogP contribution in [0.1, 0.15) is 12.8 Å². The molecule has 0 bridgehead atoms. The molecule has 0 spiro atoms. The molecule has 2 aliphatic heterocycles. The van der Waals surface area contributed by atoms with E-state index in [4.69, 9.17) is 9.47 Å². The second-order valence-corrected chi connectivity index (χ2v) is 7.44. The average molecular weight is 395 g/mol. The van der Waals surface area contributed by atoms with Gasteiger partial charge in [0, 0.05) is 30.9 Å². The van der Waals surface area contributed by atoms with Crippen LogP contribution in [0.4, 0.5) is 11.4 Å². The summed E-state index contributed by atoms with van der Waals surface area (Å²) in [5, 5.41) is 2.91. The molecule has 1 saturated heterocycles. The van der Waals surface area contributed by atoms with Gasteiger partial charge in [0.1, 0.15) is 12.7 Å². The number of hydrogen-bond acceptors (Lipinski definition) is 5. The van der Waals surface area contributed by atoms with Gasteiger partial charge in [0.25, 0.3) is 0 Å². The molecule has 0 unspecified atom stereocenters. The predicted octanol–water partition coefficient (Wildman–Crippen LogP) is 2.52. The van der Waals surface area contributed by atoms with Crippen molar-refractivity contribution in [1.82, 2.24) is 4.90 Å². The normalized spacial score (nSPS) is 18.2. The zero-order valence-corrected chi connectivity index (χ0v) is 16.5. The van der Waals surface area contributed by atoms with Gasteiger partial charge in [-0.05, 0) is 43.8 Å². The van der Waals surface area contributed by atoms with E-state index in [1.165, 1.54) is 0 Å². The lowest BCUT2D eigenvalue weighted by molar-refractivity contribution is -0.118. The molecule has 0 saturated carbocycles.